The number of anilines is 1. The lowest BCUT2D eigenvalue weighted by Gasteiger charge is -2.13. The van der Waals surface area contributed by atoms with Crippen LogP contribution in [0.2, 0.25) is 0 Å². The van der Waals surface area contributed by atoms with E-state index >= 15 is 0 Å². The number of benzene rings is 1. The van der Waals surface area contributed by atoms with Crippen LogP contribution >= 0.6 is 8.15 Å². The molecule has 0 saturated heterocycles. The molecule has 0 aromatic heterocycles. The molecule has 0 saturated carbocycles. The number of hydrogen-bond donors (Lipinski definition) is 1. The highest BCUT2D eigenvalue weighted by atomic mass is 31.1. The van der Waals surface area contributed by atoms with Crippen molar-refractivity contribution >= 4 is 13.8 Å². The van der Waals surface area contributed by atoms with E-state index in [1.165, 1.54) is 6.92 Å². The second-order valence-electron chi connectivity index (χ2n) is 3.26. The molecule has 5 heteroatoms. The third-order valence-electron chi connectivity index (χ3n) is 1.56. The highest BCUT2D eigenvalue weighted by Gasteiger charge is 2.07. The molecule has 84 valence electrons. The van der Waals surface area contributed by atoms with E-state index in [9.17, 15) is 4.39 Å². The molecule has 0 spiro atoms. The maximum Gasteiger partial charge on any atom is 0.235 e. The summed E-state index contributed by atoms with van der Waals surface area (Å²) in [6.45, 7) is 5.24. The minimum Gasteiger partial charge on any atom is -0.472 e. The number of halogens is 1. The van der Waals surface area contributed by atoms with Crippen LogP contribution in [0.4, 0.5) is 10.1 Å². The van der Waals surface area contributed by atoms with Crippen LogP contribution in [0.25, 0.3) is 0 Å². The molecule has 3 nitrogen and oxygen atoms in total. The summed E-state index contributed by atoms with van der Waals surface area (Å²) in [5.74, 6) is 0.968. The standard InChI is InChI=1S/C10H15FNO2P/c1-7(11)13-8-4-5-9(12)10(6-8)14-15(2)3/h4-7H,12H2,1-3H3. The molecule has 1 aromatic rings. The maximum absolute atomic E-state index is 12.6. The Balaban J connectivity index is 2.85. The Labute approximate surface area is 90.2 Å². The smallest absolute Gasteiger partial charge is 0.235 e. The first-order valence-electron chi connectivity index (χ1n) is 4.54. The van der Waals surface area contributed by atoms with Gasteiger partial charge in [0.15, 0.2) is 0 Å². The van der Waals surface area contributed by atoms with Crippen LogP contribution in [0.1, 0.15) is 6.92 Å². The summed E-state index contributed by atoms with van der Waals surface area (Å²) in [6, 6.07) is 4.87. The minimum absolute atomic E-state index is 0.422. The fourth-order valence-electron chi connectivity index (χ4n) is 1.05. The van der Waals surface area contributed by atoms with Crippen LogP contribution in [0.15, 0.2) is 18.2 Å². The Morgan fingerprint density at radius 2 is 2.07 bits per heavy atom. The van der Waals surface area contributed by atoms with Crippen molar-refractivity contribution in [2.24, 2.45) is 0 Å². The molecule has 1 atom stereocenters. The van der Waals surface area contributed by atoms with Crippen molar-refractivity contribution in [3.05, 3.63) is 18.2 Å². The SMILES string of the molecule is CC(F)Oc1ccc(N)c(OP(C)C)c1. The Bertz CT molecular complexity index is 331. The number of ether oxygens (including phenoxy) is 1. The number of rotatable bonds is 4. The first-order valence-corrected chi connectivity index (χ1v) is 6.70. The zero-order chi connectivity index (χ0) is 11.4. The molecule has 0 amide bonds. The number of nitrogens with two attached hydrogens (primary N) is 1. The molecule has 1 rings (SSSR count). The van der Waals surface area contributed by atoms with Crippen molar-refractivity contribution < 1.29 is 13.7 Å². The van der Waals surface area contributed by atoms with Gasteiger partial charge < -0.3 is 15.0 Å². The van der Waals surface area contributed by atoms with Crippen LogP contribution in [0.3, 0.4) is 0 Å². The number of hydrogen-bond acceptors (Lipinski definition) is 3. The highest BCUT2D eigenvalue weighted by Crippen LogP contribution is 2.36. The topological polar surface area (TPSA) is 44.5 Å². The fraction of sp³-hybridized carbons (Fsp3) is 0.400. The average Bonchev–Trinajstić information content (AvgIpc) is 2.09. The largest absolute Gasteiger partial charge is 0.472 e. The van der Waals surface area contributed by atoms with Gasteiger partial charge in [0.05, 0.1) is 13.8 Å². The summed E-state index contributed by atoms with van der Waals surface area (Å²) < 4.78 is 23.0. The van der Waals surface area contributed by atoms with Crippen molar-refractivity contribution in [3.63, 3.8) is 0 Å². The summed E-state index contributed by atoms with van der Waals surface area (Å²) in [5, 5.41) is 0. The van der Waals surface area contributed by atoms with Crippen LogP contribution in [0.5, 0.6) is 11.5 Å². The Hall–Kier alpha value is -1.02. The molecule has 0 fully saturated rings. The van der Waals surface area contributed by atoms with E-state index in [4.69, 9.17) is 15.0 Å². The molecule has 0 aliphatic carbocycles. The molecule has 2 N–H and O–H groups in total. The van der Waals surface area contributed by atoms with Gasteiger partial charge in [0.2, 0.25) is 6.36 Å². The van der Waals surface area contributed by atoms with Gasteiger partial charge in [0, 0.05) is 13.0 Å². The van der Waals surface area contributed by atoms with E-state index in [0.29, 0.717) is 17.2 Å². The summed E-state index contributed by atoms with van der Waals surface area (Å²) in [4.78, 5) is 0. The van der Waals surface area contributed by atoms with Gasteiger partial charge in [0.25, 0.3) is 0 Å². The zero-order valence-corrected chi connectivity index (χ0v) is 9.92. The van der Waals surface area contributed by atoms with Gasteiger partial charge in [0.1, 0.15) is 11.5 Å². The highest BCUT2D eigenvalue weighted by molar-refractivity contribution is 7.51. The third kappa shape index (κ3) is 3.92. The van der Waals surface area contributed by atoms with E-state index in [2.05, 4.69) is 0 Å². The second-order valence-corrected chi connectivity index (χ2v) is 5.07. The molecule has 0 radical (unpaired) electrons. The fourth-order valence-corrected chi connectivity index (χ4v) is 1.60. The molecular formula is C10H15FNO2P. The molecule has 0 aliphatic rings. The van der Waals surface area contributed by atoms with Crippen LogP contribution in [0, 0.1) is 0 Å². The van der Waals surface area contributed by atoms with E-state index < -0.39 is 14.5 Å². The molecule has 0 heterocycles. The van der Waals surface area contributed by atoms with Crippen molar-refractivity contribution in [2.45, 2.75) is 13.3 Å². The lowest BCUT2D eigenvalue weighted by atomic mass is 10.3. The lowest BCUT2D eigenvalue weighted by molar-refractivity contribution is 0.0859. The predicted octanol–water partition coefficient (Wildman–Crippen LogP) is 3.00. The van der Waals surface area contributed by atoms with Crippen LogP contribution in [-0.2, 0) is 0 Å². The summed E-state index contributed by atoms with van der Waals surface area (Å²) in [7, 11) is -0.555. The van der Waals surface area contributed by atoms with Crippen molar-refractivity contribution in [3.8, 4) is 11.5 Å². The number of nitrogen functional groups attached to an aromatic ring is 1. The van der Waals surface area contributed by atoms with Crippen molar-refractivity contribution in [1.82, 2.24) is 0 Å². The van der Waals surface area contributed by atoms with Gasteiger partial charge >= 0.3 is 0 Å². The monoisotopic (exact) mass is 231 g/mol. The van der Waals surface area contributed by atoms with E-state index in [1.54, 1.807) is 18.2 Å². The van der Waals surface area contributed by atoms with Gasteiger partial charge in [-0.25, -0.2) is 4.39 Å². The van der Waals surface area contributed by atoms with Crippen molar-refractivity contribution in [1.29, 1.82) is 0 Å². The Morgan fingerprint density at radius 1 is 1.40 bits per heavy atom. The first kappa shape index (κ1) is 12.1. The zero-order valence-electron chi connectivity index (χ0n) is 9.03. The molecule has 1 unspecified atom stereocenters. The quantitative estimate of drug-likeness (QED) is 0.640. The normalized spacial score (nSPS) is 12.6. The average molecular weight is 231 g/mol. The molecular weight excluding hydrogens is 216 g/mol. The summed E-state index contributed by atoms with van der Waals surface area (Å²) in [5.41, 5.74) is 6.24. The van der Waals surface area contributed by atoms with E-state index in [-0.39, 0.29) is 0 Å². The van der Waals surface area contributed by atoms with E-state index in [1.807, 2.05) is 13.3 Å². The Kier molecular flexibility index (Phi) is 4.15. The molecule has 0 bridgehead atoms. The predicted molar refractivity (Wildman–Crippen MR) is 61.4 cm³/mol. The summed E-state index contributed by atoms with van der Waals surface area (Å²) >= 11 is 0. The third-order valence-corrected chi connectivity index (χ3v) is 2.13. The first-order chi connectivity index (χ1) is 6.99. The van der Waals surface area contributed by atoms with Gasteiger partial charge in [-0.1, -0.05) is 0 Å². The van der Waals surface area contributed by atoms with Gasteiger partial charge in [-0.3, -0.25) is 0 Å². The van der Waals surface area contributed by atoms with Gasteiger partial charge in [-0.05, 0) is 25.5 Å². The lowest BCUT2D eigenvalue weighted by Crippen LogP contribution is -2.04. The maximum atomic E-state index is 12.6. The van der Waals surface area contributed by atoms with E-state index in [0.717, 1.165) is 0 Å². The second kappa shape index (κ2) is 5.17. The number of alkyl halides is 1. The molecule has 15 heavy (non-hydrogen) atoms. The van der Waals surface area contributed by atoms with Crippen LogP contribution in [-0.4, -0.2) is 19.7 Å². The molecule has 1 aromatic carbocycles. The van der Waals surface area contributed by atoms with Crippen LogP contribution < -0.4 is 15.0 Å². The molecule has 0 aliphatic heterocycles. The minimum atomic E-state index is -1.34. The van der Waals surface area contributed by atoms with Crippen molar-refractivity contribution in [2.75, 3.05) is 19.1 Å². The van der Waals surface area contributed by atoms with Gasteiger partial charge in [-0.15, -0.1) is 0 Å². The van der Waals surface area contributed by atoms with Gasteiger partial charge in [-0.2, -0.15) is 0 Å². The summed E-state index contributed by atoms with van der Waals surface area (Å²) in [6.07, 6.45) is -1.34. The Morgan fingerprint density at radius 3 is 2.60 bits per heavy atom.